The molecule has 0 aliphatic rings. The van der Waals surface area contributed by atoms with Crippen molar-refractivity contribution < 1.29 is 29.0 Å². The van der Waals surface area contributed by atoms with Crippen LogP contribution in [-0.4, -0.2) is 23.0 Å². The zero-order valence-electron chi connectivity index (χ0n) is 12.1. The van der Waals surface area contributed by atoms with E-state index in [4.69, 9.17) is 20.3 Å². The van der Waals surface area contributed by atoms with Crippen molar-refractivity contribution in [3.05, 3.63) is 53.6 Å². The number of rotatable bonds is 4. The van der Waals surface area contributed by atoms with Crippen LogP contribution in [0.25, 0.3) is 0 Å². The van der Waals surface area contributed by atoms with Crippen molar-refractivity contribution >= 4 is 23.6 Å². The number of anilines is 1. The Hall–Kier alpha value is -3.35. The maximum Gasteiger partial charge on any atom is 0.347 e. The molecule has 2 rings (SSSR count). The second-order valence-electron chi connectivity index (χ2n) is 4.54. The zero-order chi connectivity index (χ0) is 17.0. The van der Waals surface area contributed by atoms with Crippen molar-refractivity contribution in [1.29, 1.82) is 0 Å². The number of carbonyl (C=O) groups is 3. The molecule has 2 aromatic rings. The van der Waals surface area contributed by atoms with Gasteiger partial charge in [0.25, 0.3) is 0 Å². The molecule has 0 bridgehead atoms. The van der Waals surface area contributed by atoms with Crippen LogP contribution in [0.2, 0.25) is 0 Å². The Morgan fingerprint density at radius 3 is 2.26 bits per heavy atom. The Morgan fingerprint density at radius 1 is 0.957 bits per heavy atom. The number of carboxylic acids is 1. The molecular weight excluding hydrogens is 302 g/mol. The number of esters is 2. The summed E-state index contributed by atoms with van der Waals surface area (Å²) in [5, 5.41) is 9.13. The number of nitrogen functional groups attached to an aromatic ring is 1. The predicted molar refractivity (Wildman–Crippen MR) is 80.5 cm³/mol. The first-order valence-corrected chi connectivity index (χ1v) is 6.51. The SMILES string of the molecule is CC(=O)Oc1ccccc1C(=O)Oc1ccc(N)cc1C(=O)O. The van der Waals surface area contributed by atoms with E-state index >= 15 is 0 Å². The van der Waals surface area contributed by atoms with E-state index in [2.05, 4.69) is 0 Å². The largest absolute Gasteiger partial charge is 0.478 e. The van der Waals surface area contributed by atoms with Gasteiger partial charge in [-0.05, 0) is 30.3 Å². The fraction of sp³-hybridized carbons (Fsp3) is 0.0625. The maximum atomic E-state index is 12.2. The van der Waals surface area contributed by atoms with Gasteiger partial charge in [0.1, 0.15) is 22.6 Å². The van der Waals surface area contributed by atoms with Crippen LogP contribution < -0.4 is 15.2 Å². The fourth-order valence-electron chi connectivity index (χ4n) is 1.84. The normalized spacial score (nSPS) is 9.96. The molecule has 0 heterocycles. The lowest BCUT2D eigenvalue weighted by Gasteiger charge is -2.10. The highest BCUT2D eigenvalue weighted by Crippen LogP contribution is 2.25. The number of para-hydroxylation sites is 1. The van der Waals surface area contributed by atoms with Crippen LogP contribution in [0.1, 0.15) is 27.6 Å². The van der Waals surface area contributed by atoms with Gasteiger partial charge in [-0.15, -0.1) is 0 Å². The van der Waals surface area contributed by atoms with Gasteiger partial charge >= 0.3 is 17.9 Å². The predicted octanol–water partition coefficient (Wildman–Crippen LogP) is 2.11. The van der Waals surface area contributed by atoms with Crippen molar-refractivity contribution in [2.24, 2.45) is 0 Å². The standard InChI is InChI=1S/C16H13NO6/c1-9(18)22-13-5-3-2-4-11(13)16(21)23-14-7-6-10(17)8-12(14)15(19)20/h2-8H,17H2,1H3,(H,19,20). The van der Waals surface area contributed by atoms with Crippen molar-refractivity contribution in [2.75, 3.05) is 5.73 Å². The number of carboxylic acid groups (broad SMARTS) is 1. The molecule has 0 saturated carbocycles. The average Bonchev–Trinajstić information content (AvgIpc) is 2.48. The molecule has 0 fully saturated rings. The third-order valence-corrected chi connectivity index (χ3v) is 2.80. The Balaban J connectivity index is 2.34. The molecule has 0 aromatic heterocycles. The van der Waals surface area contributed by atoms with Gasteiger partial charge in [-0.3, -0.25) is 4.79 Å². The summed E-state index contributed by atoms with van der Waals surface area (Å²) in [5.41, 5.74) is 5.50. The summed E-state index contributed by atoms with van der Waals surface area (Å²) in [6.45, 7) is 1.20. The summed E-state index contributed by atoms with van der Waals surface area (Å²) in [6.07, 6.45) is 0. The van der Waals surface area contributed by atoms with Crippen molar-refractivity contribution in [3.8, 4) is 11.5 Å². The molecule has 0 aliphatic carbocycles. The Labute approximate surface area is 131 Å². The molecule has 0 atom stereocenters. The van der Waals surface area contributed by atoms with Crippen molar-refractivity contribution in [1.82, 2.24) is 0 Å². The number of hydrogen-bond donors (Lipinski definition) is 2. The second kappa shape index (κ2) is 6.61. The molecule has 2 aromatic carbocycles. The summed E-state index contributed by atoms with van der Waals surface area (Å²) in [4.78, 5) is 34.5. The van der Waals surface area contributed by atoms with Crippen LogP contribution in [0.15, 0.2) is 42.5 Å². The third kappa shape index (κ3) is 3.85. The molecule has 7 heteroatoms. The number of carbonyl (C=O) groups excluding carboxylic acids is 2. The lowest BCUT2D eigenvalue weighted by atomic mass is 10.1. The van der Waals surface area contributed by atoms with E-state index in [1.807, 2.05) is 0 Å². The summed E-state index contributed by atoms with van der Waals surface area (Å²) in [5.74, 6) is -2.86. The minimum Gasteiger partial charge on any atom is -0.478 e. The molecule has 0 radical (unpaired) electrons. The Morgan fingerprint density at radius 2 is 1.61 bits per heavy atom. The second-order valence-corrected chi connectivity index (χ2v) is 4.54. The van der Waals surface area contributed by atoms with Crippen LogP contribution in [0.4, 0.5) is 5.69 Å². The number of hydrogen-bond acceptors (Lipinski definition) is 6. The van der Waals surface area contributed by atoms with Gasteiger partial charge in [-0.1, -0.05) is 12.1 Å². The lowest BCUT2D eigenvalue weighted by molar-refractivity contribution is -0.131. The van der Waals surface area contributed by atoms with Crippen LogP contribution in [0.3, 0.4) is 0 Å². The molecule has 0 saturated heterocycles. The molecule has 7 nitrogen and oxygen atoms in total. The third-order valence-electron chi connectivity index (χ3n) is 2.80. The minimum atomic E-state index is -1.28. The number of benzene rings is 2. The highest BCUT2D eigenvalue weighted by molar-refractivity contribution is 5.97. The van der Waals surface area contributed by atoms with Crippen LogP contribution in [0, 0.1) is 0 Å². The number of aromatic carboxylic acids is 1. The van der Waals surface area contributed by atoms with E-state index < -0.39 is 17.9 Å². The monoisotopic (exact) mass is 315 g/mol. The minimum absolute atomic E-state index is 0.00383. The molecule has 0 unspecified atom stereocenters. The molecule has 0 aliphatic heterocycles. The Bertz CT molecular complexity index is 784. The van der Waals surface area contributed by atoms with Gasteiger partial charge in [0.15, 0.2) is 0 Å². The van der Waals surface area contributed by atoms with Crippen LogP contribution in [0.5, 0.6) is 11.5 Å². The van der Waals surface area contributed by atoms with Gasteiger partial charge in [0.05, 0.1) is 0 Å². The molecule has 23 heavy (non-hydrogen) atoms. The smallest absolute Gasteiger partial charge is 0.347 e. The molecular formula is C16H13NO6. The quantitative estimate of drug-likeness (QED) is 0.504. The molecule has 0 spiro atoms. The fourth-order valence-corrected chi connectivity index (χ4v) is 1.84. The lowest BCUT2D eigenvalue weighted by Crippen LogP contribution is -2.14. The van der Waals surface area contributed by atoms with Crippen molar-refractivity contribution in [2.45, 2.75) is 6.92 Å². The van der Waals surface area contributed by atoms with Gasteiger partial charge in [-0.25, -0.2) is 9.59 Å². The van der Waals surface area contributed by atoms with Crippen LogP contribution in [-0.2, 0) is 4.79 Å². The first-order chi connectivity index (χ1) is 10.9. The Kier molecular flexibility index (Phi) is 4.61. The number of ether oxygens (including phenoxy) is 2. The van der Waals surface area contributed by atoms with E-state index in [1.165, 1.54) is 37.3 Å². The molecule has 118 valence electrons. The maximum absolute atomic E-state index is 12.2. The van der Waals surface area contributed by atoms with Gasteiger partial charge in [0, 0.05) is 12.6 Å². The summed E-state index contributed by atoms with van der Waals surface area (Å²) < 4.78 is 10.0. The van der Waals surface area contributed by atoms with Crippen LogP contribution >= 0.6 is 0 Å². The van der Waals surface area contributed by atoms with Crippen molar-refractivity contribution in [3.63, 3.8) is 0 Å². The summed E-state index contributed by atoms with van der Waals surface area (Å²) >= 11 is 0. The first kappa shape index (κ1) is 16.0. The zero-order valence-corrected chi connectivity index (χ0v) is 12.1. The van der Waals surface area contributed by atoms with Gasteiger partial charge in [-0.2, -0.15) is 0 Å². The summed E-state index contributed by atoms with van der Waals surface area (Å²) in [7, 11) is 0. The van der Waals surface area contributed by atoms with E-state index in [0.29, 0.717) is 0 Å². The van der Waals surface area contributed by atoms with E-state index in [9.17, 15) is 14.4 Å². The molecule has 3 N–H and O–H groups in total. The first-order valence-electron chi connectivity index (χ1n) is 6.51. The van der Waals surface area contributed by atoms with Gasteiger partial charge < -0.3 is 20.3 Å². The average molecular weight is 315 g/mol. The van der Waals surface area contributed by atoms with E-state index in [1.54, 1.807) is 12.1 Å². The number of nitrogens with two attached hydrogens (primary N) is 1. The van der Waals surface area contributed by atoms with Gasteiger partial charge in [0.2, 0.25) is 0 Å². The molecule has 0 amide bonds. The summed E-state index contributed by atoms with van der Waals surface area (Å²) in [6, 6.07) is 9.85. The highest BCUT2D eigenvalue weighted by Gasteiger charge is 2.19. The van der Waals surface area contributed by atoms with E-state index in [-0.39, 0.29) is 28.3 Å². The topological polar surface area (TPSA) is 116 Å². The van der Waals surface area contributed by atoms with E-state index in [0.717, 1.165) is 0 Å². The highest BCUT2D eigenvalue weighted by atomic mass is 16.5.